The number of esters is 2. The highest BCUT2D eigenvalue weighted by Crippen LogP contribution is 2.00. The van der Waals surface area contributed by atoms with Gasteiger partial charge < -0.3 is 14.6 Å². The number of aliphatic carboxylic acids is 1. The Morgan fingerprint density at radius 1 is 1.32 bits per heavy atom. The van der Waals surface area contributed by atoms with Crippen LogP contribution in [-0.2, 0) is 23.9 Å². The first kappa shape index (κ1) is 19.2. The first-order valence-corrected chi connectivity index (χ1v) is 5.66. The van der Waals surface area contributed by atoms with Gasteiger partial charge in [-0.25, -0.2) is 9.59 Å². The Labute approximate surface area is 112 Å². The van der Waals surface area contributed by atoms with Crippen molar-refractivity contribution in [1.82, 2.24) is 0 Å². The summed E-state index contributed by atoms with van der Waals surface area (Å²) in [5, 5.41) is 8.40. The standard InChI is InChI=1S/C9H14O4.C4H6O2/c1-3-4-5-13-8(10)6-7(2)9(11)12;1-3-4(5)6-2/h2-6H2,1H3,(H,11,12);3H,1H2,2H3. The van der Waals surface area contributed by atoms with E-state index in [9.17, 15) is 14.4 Å². The van der Waals surface area contributed by atoms with E-state index in [0.717, 1.165) is 18.9 Å². The van der Waals surface area contributed by atoms with Crippen LogP contribution in [0.15, 0.2) is 24.8 Å². The molecule has 0 bridgehead atoms. The molecule has 0 amide bonds. The Balaban J connectivity index is 0. The Bertz CT molecular complexity index is 332. The third-order valence-electron chi connectivity index (χ3n) is 1.79. The van der Waals surface area contributed by atoms with Gasteiger partial charge in [0.15, 0.2) is 0 Å². The number of unbranched alkanes of at least 4 members (excludes halogenated alkanes) is 1. The maximum absolute atomic E-state index is 10.9. The van der Waals surface area contributed by atoms with Crippen LogP contribution in [0.1, 0.15) is 26.2 Å². The molecule has 0 aliphatic carbocycles. The molecule has 0 aromatic rings. The summed E-state index contributed by atoms with van der Waals surface area (Å²) in [4.78, 5) is 31.0. The van der Waals surface area contributed by atoms with Crippen LogP contribution >= 0.6 is 0 Å². The fourth-order valence-electron chi connectivity index (χ4n) is 0.715. The second kappa shape index (κ2) is 12.3. The van der Waals surface area contributed by atoms with E-state index in [1.165, 1.54) is 7.11 Å². The number of hydrogen-bond acceptors (Lipinski definition) is 5. The van der Waals surface area contributed by atoms with Crippen LogP contribution in [0.2, 0.25) is 0 Å². The minimum absolute atomic E-state index is 0.138. The highest BCUT2D eigenvalue weighted by Gasteiger charge is 2.10. The number of ether oxygens (including phenoxy) is 2. The lowest BCUT2D eigenvalue weighted by Gasteiger charge is -2.02. The van der Waals surface area contributed by atoms with Gasteiger partial charge in [0.05, 0.1) is 20.1 Å². The monoisotopic (exact) mass is 272 g/mol. The molecule has 6 heteroatoms. The van der Waals surface area contributed by atoms with E-state index in [-0.39, 0.29) is 12.0 Å². The molecule has 0 aromatic heterocycles. The minimum atomic E-state index is -1.16. The summed E-state index contributed by atoms with van der Waals surface area (Å²) in [5.41, 5.74) is -0.138. The van der Waals surface area contributed by atoms with Gasteiger partial charge in [-0.3, -0.25) is 4.79 Å². The molecule has 6 nitrogen and oxygen atoms in total. The van der Waals surface area contributed by atoms with Crippen molar-refractivity contribution in [3.8, 4) is 0 Å². The molecular weight excluding hydrogens is 252 g/mol. The van der Waals surface area contributed by atoms with Crippen LogP contribution in [0.25, 0.3) is 0 Å². The van der Waals surface area contributed by atoms with E-state index in [2.05, 4.69) is 17.9 Å². The Kier molecular flexibility index (Phi) is 12.5. The number of carbonyl (C=O) groups excluding carboxylic acids is 2. The zero-order valence-electron chi connectivity index (χ0n) is 11.3. The van der Waals surface area contributed by atoms with Gasteiger partial charge in [-0.2, -0.15) is 0 Å². The number of carboxylic acid groups (broad SMARTS) is 1. The van der Waals surface area contributed by atoms with Gasteiger partial charge >= 0.3 is 17.9 Å². The summed E-state index contributed by atoms with van der Waals surface area (Å²) in [6, 6.07) is 0. The molecular formula is C13H20O6. The van der Waals surface area contributed by atoms with Crippen molar-refractivity contribution >= 4 is 17.9 Å². The average Bonchev–Trinajstić information content (AvgIpc) is 2.38. The third kappa shape index (κ3) is 13.8. The number of hydrogen-bond donors (Lipinski definition) is 1. The summed E-state index contributed by atoms with van der Waals surface area (Å²) in [6.45, 7) is 8.70. The number of methoxy groups -OCH3 is 1. The molecule has 1 N–H and O–H groups in total. The fourth-order valence-corrected chi connectivity index (χ4v) is 0.715. The lowest BCUT2D eigenvalue weighted by Crippen LogP contribution is -2.10. The molecule has 0 heterocycles. The van der Waals surface area contributed by atoms with Crippen LogP contribution in [0.4, 0.5) is 0 Å². The predicted molar refractivity (Wildman–Crippen MR) is 69.5 cm³/mol. The Morgan fingerprint density at radius 2 is 1.89 bits per heavy atom. The topological polar surface area (TPSA) is 89.9 Å². The van der Waals surface area contributed by atoms with E-state index in [0.29, 0.717) is 6.61 Å². The van der Waals surface area contributed by atoms with E-state index in [1.54, 1.807) is 0 Å². The van der Waals surface area contributed by atoms with E-state index in [4.69, 9.17) is 9.84 Å². The summed E-state index contributed by atoms with van der Waals surface area (Å²) >= 11 is 0. The first-order valence-electron chi connectivity index (χ1n) is 5.66. The number of carboxylic acids is 1. The molecule has 0 radical (unpaired) electrons. The maximum atomic E-state index is 10.9. The van der Waals surface area contributed by atoms with Crippen LogP contribution in [0.3, 0.4) is 0 Å². The molecule has 19 heavy (non-hydrogen) atoms. The van der Waals surface area contributed by atoms with Gasteiger partial charge in [-0.15, -0.1) is 0 Å². The second-order valence-electron chi connectivity index (χ2n) is 3.39. The van der Waals surface area contributed by atoms with Crippen molar-refractivity contribution in [2.45, 2.75) is 26.2 Å². The van der Waals surface area contributed by atoms with Crippen LogP contribution in [-0.4, -0.2) is 36.7 Å². The second-order valence-corrected chi connectivity index (χ2v) is 3.39. The zero-order chi connectivity index (χ0) is 15.3. The lowest BCUT2D eigenvalue weighted by atomic mass is 10.2. The van der Waals surface area contributed by atoms with Crippen LogP contribution in [0.5, 0.6) is 0 Å². The van der Waals surface area contributed by atoms with Crippen molar-refractivity contribution in [1.29, 1.82) is 0 Å². The molecule has 108 valence electrons. The maximum Gasteiger partial charge on any atom is 0.331 e. The average molecular weight is 272 g/mol. The predicted octanol–water partition coefficient (Wildman–Crippen LogP) is 1.71. The van der Waals surface area contributed by atoms with Gasteiger partial charge in [-0.1, -0.05) is 26.5 Å². The van der Waals surface area contributed by atoms with E-state index < -0.39 is 17.9 Å². The first-order chi connectivity index (χ1) is 8.88. The smallest absolute Gasteiger partial charge is 0.331 e. The molecule has 0 saturated heterocycles. The molecule has 0 atom stereocenters. The lowest BCUT2D eigenvalue weighted by molar-refractivity contribution is -0.144. The molecule has 0 unspecified atom stereocenters. The van der Waals surface area contributed by atoms with Gasteiger partial charge in [0.1, 0.15) is 0 Å². The molecule has 0 fully saturated rings. The summed E-state index contributed by atoms with van der Waals surface area (Å²) in [6.07, 6.45) is 2.61. The number of carbonyl (C=O) groups is 3. The van der Waals surface area contributed by atoms with Gasteiger partial charge in [0, 0.05) is 11.6 Å². The minimum Gasteiger partial charge on any atom is -0.478 e. The SMILES string of the molecule is C=C(CC(=O)OCCCC)C(=O)O.C=CC(=O)OC. The van der Waals surface area contributed by atoms with Crippen molar-refractivity contribution in [2.24, 2.45) is 0 Å². The molecule has 0 aromatic carbocycles. The largest absolute Gasteiger partial charge is 0.478 e. The Hall–Kier alpha value is -2.11. The van der Waals surface area contributed by atoms with Gasteiger partial charge in [0.25, 0.3) is 0 Å². The van der Waals surface area contributed by atoms with Gasteiger partial charge in [0.2, 0.25) is 0 Å². The van der Waals surface area contributed by atoms with Crippen LogP contribution < -0.4 is 0 Å². The van der Waals surface area contributed by atoms with Crippen molar-refractivity contribution in [3.63, 3.8) is 0 Å². The zero-order valence-corrected chi connectivity index (χ0v) is 11.3. The fraction of sp³-hybridized carbons (Fsp3) is 0.462. The van der Waals surface area contributed by atoms with Gasteiger partial charge in [-0.05, 0) is 6.42 Å². The molecule has 0 aliphatic heterocycles. The van der Waals surface area contributed by atoms with Crippen molar-refractivity contribution in [2.75, 3.05) is 13.7 Å². The van der Waals surface area contributed by atoms with Crippen molar-refractivity contribution in [3.05, 3.63) is 24.8 Å². The normalized spacial score (nSPS) is 8.53. The molecule has 0 aliphatic rings. The quantitative estimate of drug-likeness (QED) is 0.431. The summed E-state index contributed by atoms with van der Waals surface area (Å²) in [7, 11) is 1.31. The summed E-state index contributed by atoms with van der Waals surface area (Å²) in [5.74, 6) is -2.08. The third-order valence-corrected chi connectivity index (χ3v) is 1.79. The van der Waals surface area contributed by atoms with E-state index >= 15 is 0 Å². The molecule has 0 rings (SSSR count). The molecule has 0 spiro atoms. The summed E-state index contributed by atoms with van der Waals surface area (Å²) < 4.78 is 8.88. The highest BCUT2D eigenvalue weighted by atomic mass is 16.5. The highest BCUT2D eigenvalue weighted by molar-refractivity contribution is 5.91. The number of rotatable bonds is 7. The van der Waals surface area contributed by atoms with Crippen molar-refractivity contribution < 1.29 is 29.0 Å². The molecule has 0 saturated carbocycles. The van der Waals surface area contributed by atoms with E-state index in [1.807, 2.05) is 6.92 Å². The Morgan fingerprint density at radius 3 is 2.21 bits per heavy atom. The van der Waals surface area contributed by atoms with Crippen LogP contribution in [0, 0.1) is 0 Å².